The molecule has 0 aliphatic rings. The van der Waals surface area contributed by atoms with Gasteiger partial charge in [0.1, 0.15) is 18.8 Å². The Morgan fingerprint density at radius 3 is 2.29 bits per heavy atom. The second-order valence-electron chi connectivity index (χ2n) is 5.72. The van der Waals surface area contributed by atoms with Crippen LogP contribution in [-0.2, 0) is 24.5 Å². The largest absolute Gasteiger partial charge is 0.486 e. The smallest absolute Gasteiger partial charge is 0.321 e. The molecule has 1 aromatic rings. The lowest BCUT2D eigenvalue weighted by Gasteiger charge is -2.22. The van der Waals surface area contributed by atoms with Crippen molar-refractivity contribution in [1.29, 1.82) is 0 Å². The van der Waals surface area contributed by atoms with Gasteiger partial charge in [-0.1, -0.05) is 39.0 Å². The minimum Gasteiger partial charge on any atom is -0.486 e. The van der Waals surface area contributed by atoms with Gasteiger partial charge in [-0.15, -0.1) is 0 Å². The van der Waals surface area contributed by atoms with Crippen molar-refractivity contribution in [3.63, 3.8) is 0 Å². The lowest BCUT2D eigenvalue weighted by Crippen LogP contribution is -2.20. The zero-order valence-electron chi connectivity index (χ0n) is 12.8. The Morgan fingerprint density at radius 2 is 1.71 bits per heavy atom. The van der Waals surface area contributed by atoms with Crippen molar-refractivity contribution in [1.82, 2.24) is 0 Å². The van der Waals surface area contributed by atoms with Crippen molar-refractivity contribution >= 4 is 17.7 Å². The standard InChI is InChI=1S/C16H20O5/c1-11(17)21-15(19)9-12(18)10-20-14-8-6-5-7-13(14)16(2,3)4/h5-8H,9-10H2,1-4H3. The number of rotatable bonds is 5. The van der Waals surface area contributed by atoms with E-state index >= 15 is 0 Å². The van der Waals surface area contributed by atoms with Crippen LogP contribution in [0.5, 0.6) is 5.75 Å². The number of para-hydroxylation sites is 1. The highest BCUT2D eigenvalue weighted by atomic mass is 16.6. The van der Waals surface area contributed by atoms with Crippen LogP contribution >= 0.6 is 0 Å². The van der Waals surface area contributed by atoms with E-state index < -0.39 is 24.1 Å². The van der Waals surface area contributed by atoms with Gasteiger partial charge in [-0.05, 0) is 17.0 Å². The minimum atomic E-state index is -0.861. The second kappa shape index (κ2) is 7.02. The quantitative estimate of drug-likeness (QED) is 0.615. The molecular weight excluding hydrogens is 272 g/mol. The highest BCUT2D eigenvalue weighted by Gasteiger charge is 2.19. The molecule has 0 aliphatic carbocycles. The number of carbonyl (C=O) groups excluding carboxylic acids is 3. The predicted molar refractivity (Wildman–Crippen MR) is 77.0 cm³/mol. The first kappa shape index (κ1) is 16.9. The first-order chi connectivity index (χ1) is 9.70. The van der Waals surface area contributed by atoms with Gasteiger partial charge in [0.05, 0.1) is 0 Å². The van der Waals surface area contributed by atoms with Gasteiger partial charge in [0.25, 0.3) is 0 Å². The fraction of sp³-hybridized carbons (Fsp3) is 0.438. The molecule has 1 rings (SSSR count). The minimum absolute atomic E-state index is 0.118. The van der Waals surface area contributed by atoms with Crippen LogP contribution in [0.2, 0.25) is 0 Å². The van der Waals surface area contributed by atoms with Crippen LogP contribution in [0.25, 0.3) is 0 Å². The number of ether oxygens (including phenoxy) is 2. The lowest BCUT2D eigenvalue weighted by molar-refractivity contribution is -0.158. The Kier molecular flexibility index (Phi) is 5.64. The van der Waals surface area contributed by atoms with Crippen molar-refractivity contribution in [3.05, 3.63) is 29.8 Å². The van der Waals surface area contributed by atoms with E-state index in [4.69, 9.17) is 4.74 Å². The molecule has 1 aromatic carbocycles. The first-order valence-corrected chi connectivity index (χ1v) is 6.65. The van der Waals surface area contributed by atoms with Crippen LogP contribution in [0.3, 0.4) is 0 Å². The number of esters is 2. The van der Waals surface area contributed by atoms with Gasteiger partial charge in [-0.3, -0.25) is 14.4 Å². The van der Waals surface area contributed by atoms with Crippen molar-refractivity contribution in [2.45, 2.75) is 39.5 Å². The molecule has 0 aromatic heterocycles. The fourth-order valence-corrected chi connectivity index (χ4v) is 1.78. The van der Waals surface area contributed by atoms with E-state index in [0.717, 1.165) is 12.5 Å². The fourth-order valence-electron chi connectivity index (χ4n) is 1.78. The van der Waals surface area contributed by atoms with Gasteiger partial charge in [-0.2, -0.15) is 0 Å². The summed E-state index contributed by atoms with van der Waals surface area (Å²) in [4.78, 5) is 33.4. The summed E-state index contributed by atoms with van der Waals surface area (Å²) in [6.45, 7) is 7.00. The summed E-state index contributed by atoms with van der Waals surface area (Å²) in [7, 11) is 0. The summed E-state index contributed by atoms with van der Waals surface area (Å²) >= 11 is 0. The molecule has 0 fully saturated rings. The van der Waals surface area contributed by atoms with Gasteiger partial charge in [0, 0.05) is 6.92 Å². The van der Waals surface area contributed by atoms with E-state index in [-0.39, 0.29) is 12.0 Å². The number of carbonyl (C=O) groups is 3. The summed E-state index contributed by atoms with van der Waals surface area (Å²) in [6, 6.07) is 7.43. The molecule has 0 radical (unpaired) electrons. The SMILES string of the molecule is CC(=O)OC(=O)CC(=O)COc1ccccc1C(C)(C)C. The average Bonchev–Trinajstić information content (AvgIpc) is 2.34. The lowest BCUT2D eigenvalue weighted by atomic mass is 9.86. The molecular formula is C16H20O5. The zero-order valence-corrected chi connectivity index (χ0v) is 12.8. The molecule has 0 aliphatic heterocycles. The van der Waals surface area contributed by atoms with Gasteiger partial charge in [0.15, 0.2) is 5.78 Å². The van der Waals surface area contributed by atoms with Crippen LogP contribution in [0.1, 0.15) is 39.7 Å². The number of Topliss-reactive ketones (excluding diaryl/α,β-unsaturated/α-hetero) is 1. The highest BCUT2D eigenvalue weighted by molar-refractivity contribution is 5.99. The molecule has 0 atom stereocenters. The van der Waals surface area contributed by atoms with E-state index in [1.165, 1.54) is 0 Å². The van der Waals surface area contributed by atoms with Gasteiger partial charge >= 0.3 is 11.9 Å². The molecule has 0 heterocycles. The van der Waals surface area contributed by atoms with Crippen LogP contribution in [0, 0.1) is 0 Å². The molecule has 5 nitrogen and oxygen atoms in total. The number of ketones is 1. The third-order valence-electron chi connectivity index (χ3n) is 2.68. The maximum Gasteiger partial charge on any atom is 0.321 e. The van der Waals surface area contributed by atoms with Crippen molar-refractivity contribution in [2.24, 2.45) is 0 Å². The van der Waals surface area contributed by atoms with Crippen LogP contribution < -0.4 is 4.74 Å². The molecule has 5 heteroatoms. The molecule has 114 valence electrons. The monoisotopic (exact) mass is 292 g/mol. The second-order valence-corrected chi connectivity index (χ2v) is 5.72. The van der Waals surface area contributed by atoms with E-state index in [9.17, 15) is 14.4 Å². The van der Waals surface area contributed by atoms with Crippen LogP contribution in [0.15, 0.2) is 24.3 Å². The summed E-state index contributed by atoms with van der Waals surface area (Å²) in [5.74, 6) is -1.42. The maximum absolute atomic E-state index is 11.6. The Balaban J connectivity index is 2.62. The van der Waals surface area contributed by atoms with Crippen molar-refractivity contribution in [2.75, 3.05) is 6.61 Å². The summed E-state index contributed by atoms with van der Waals surface area (Å²) < 4.78 is 9.79. The number of benzene rings is 1. The van der Waals surface area contributed by atoms with Crippen molar-refractivity contribution in [3.8, 4) is 5.75 Å². The Hall–Kier alpha value is -2.17. The molecule has 0 bridgehead atoms. The van der Waals surface area contributed by atoms with Gasteiger partial charge < -0.3 is 9.47 Å². The Labute approximate surface area is 124 Å². The predicted octanol–water partition coefficient (Wildman–Crippen LogP) is 2.41. The molecule has 0 saturated carbocycles. The van der Waals surface area contributed by atoms with Gasteiger partial charge in [0.2, 0.25) is 0 Å². The zero-order chi connectivity index (χ0) is 16.0. The molecule has 0 N–H and O–H groups in total. The molecule has 0 amide bonds. The van der Waals surface area contributed by atoms with E-state index in [2.05, 4.69) is 4.74 Å². The van der Waals surface area contributed by atoms with E-state index in [1.807, 2.05) is 39.0 Å². The van der Waals surface area contributed by atoms with Crippen LogP contribution in [-0.4, -0.2) is 24.3 Å². The third kappa shape index (κ3) is 5.77. The topological polar surface area (TPSA) is 69.7 Å². The van der Waals surface area contributed by atoms with Crippen molar-refractivity contribution < 1.29 is 23.9 Å². The third-order valence-corrected chi connectivity index (χ3v) is 2.68. The Morgan fingerprint density at radius 1 is 1.10 bits per heavy atom. The van der Waals surface area contributed by atoms with Crippen LogP contribution in [0.4, 0.5) is 0 Å². The molecule has 0 spiro atoms. The molecule has 21 heavy (non-hydrogen) atoms. The highest BCUT2D eigenvalue weighted by Crippen LogP contribution is 2.30. The molecule has 0 saturated heterocycles. The first-order valence-electron chi connectivity index (χ1n) is 6.65. The number of hydrogen-bond donors (Lipinski definition) is 0. The Bertz CT molecular complexity index is 540. The molecule has 0 unspecified atom stereocenters. The summed E-state index contributed by atoms with van der Waals surface area (Å²) in [5, 5.41) is 0. The van der Waals surface area contributed by atoms with Gasteiger partial charge in [-0.25, -0.2) is 0 Å². The summed E-state index contributed by atoms with van der Waals surface area (Å²) in [6.07, 6.45) is -0.475. The van der Waals surface area contributed by atoms with E-state index in [0.29, 0.717) is 5.75 Å². The summed E-state index contributed by atoms with van der Waals surface area (Å²) in [5.41, 5.74) is 0.858. The normalized spacial score (nSPS) is 10.9. The maximum atomic E-state index is 11.6. The van der Waals surface area contributed by atoms with E-state index in [1.54, 1.807) is 6.07 Å². The number of hydrogen-bond acceptors (Lipinski definition) is 5. The average molecular weight is 292 g/mol.